The van der Waals surface area contributed by atoms with Gasteiger partial charge in [0.1, 0.15) is 21.4 Å². The molecule has 86 heavy (non-hydrogen) atoms. The van der Waals surface area contributed by atoms with Crippen LogP contribution in [0, 0.1) is 53.2 Å². The molecule has 8 aromatic rings. The summed E-state index contributed by atoms with van der Waals surface area (Å²) < 4.78 is 86.0. The number of aliphatic hydroxyl groups is 2. The molecule has 468 valence electrons. The number of aliphatic hydroxyl groups excluding tert-OH is 2. The summed E-state index contributed by atoms with van der Waals surface area (Å²) in [6.07, 6.45) is 5.62. The van der Waals surface area contributed by atoms with Crippen LogP contribution in [0.5, 0.6) is 0 Å². The van der Waals surface area contributed by atoms with Crippen LogP contribution in [0.3, 0.4) is 0 Å². The number of carbonyl (C=O) groups excluding carboxylic acids is 2. The van der Waals surface area contributed by atoms with Crippen molar-refractivity contribution < 1.29 is 130 Å². The van der Waals surface area contributed by atoms with E-state index in [1.165, 1.54) is 60.4 Å². The molecule has 4 heterocycles. The molecular formula is C56H66Cl2F2N10O10S2W4-4. The van der Waals surface area contributed by atoms with E-state index in [0.29, 0.717) is 44.1 Å². The minimum absolute atomic E-state index is 0. The van der Waals surface area contributed by atoms with E-state index in [-0.39, 0.29) is 207 Å². The molecular weight excluding hydrogens is 1880 g/mol. The van der Waals surface area contributed by atoms with Gasteiger partial charge in [-0.05, 0) is 83.9 Å². The van der Waals surface area contributed by atoms with E-state index in [9.17, 15) is 55.0 Å². The minimum Gasteiger partial charge on any atom is -0.390 e. The number of hydrogen-bond acceptors (Lipinski definition) is 14. The van der Waals surface area contributed by atoms with Gasteiger partial charge in [0.25, 0.3) is 31.2 Å². The third-order valence-corrected chi connectivity index (χ3v) is 15.4. The number of nitrogens with zero attached hydrogens (tertiary/aromatic N) is 6. The van der Waals surface area contributed by atoms with Gasteiger partial charge in [0.05, 0.1) is 92.3 Å². The minimum atomic E-state index is -4.26. The van der Waals surface area contributed by atoms with Crippen LogP contribution in [0.2, 0.25) is 10.0 Å². The molecule has 0 bridgehead atoms. The molecule has 0 unspecified atom stereocenters. The monoisotopic (exact) mass is 1950 g/mol. The summed E-state index contributed by atoms with van der Waals surface area (Å²) in [4.78, 5) is 66.3. The molecule has 0 radical (unpaired) electrons. The van der Waals surface area contributed by atoms with Crippen LogP contribution >= 0.6 is 23.2 Å². The smallest absolute Gasteiger partial charge is 0.263 e. The van der Waals surface area contributed by atoms with Crippen molar-refractivity contribution in [3.05, 3.63) is 193 Å². The molecule has 0 aliphatic carbocycles. The van der Waals surface area contributed by atoms with Crippen molar-refractivity contribution in [3.8, 4) is 22.3 Å². The maximum Gasteiger partial charge on any atom is 0.263 e. The van der Waals surface area contributed by atoms with Gasteiger partial charge in [-0.3, -0.25) is 47.7 Å². The number of pyridine rings is 2. The standard InChI is InChI=1S/2C25H23ClFN5O5S.2CH4.4CH3.4W/c2*1-14(24(34)28-2)11-32-13-30-20-5-3-15(7-18(20)25(32)35)16-8-21(22(12-33)29-10-16)31-38(36,37)23-6-4-17(27)9-19(23)26;;;;;;;;;;/h2*3-10,13-14,31,33H,11-12H2,1-2H3,(H,28,34);2*1H4;4*1H3;;;;/q;;;;4*-1;;;;/t2*14-;;;;;;;;;;/m10........../s1. The molecule has 30 heteroatoms. The van der Waals surface area contributed by atoms with Gasteiger partial charge in [0.2, 0.25) is 11.8 Å². The Morgan fingerprint density at radius 3 is 1.19 bits per heavy atom. The van der Waals surface area contributed by atoms with Crippen LogP contribution in [0.1, 0.15) is 40.1 Å². The van der Waals surface area contributed by atoms with Gasteiger partial charge in [-0.25, -0.2) is 35.6 Å². The molecule has 8 rings (SSSR count). The van der Waals surface area contributed by atoms with Gasteiger partial charge in [-0.15, -0.1) is 0 Å². The van der Waals surface area contributed by atoms with E-state index >= 15 is 0 Å². The summed E-state index contributed by atoms with van der Waals surface area (Å²) in [6, 6.07) is 18.5. The summed E-state index contributed by atoms with van der Waals surface area (Å²) in [6.45, 7) is 2.53. The number of rotatable bonds is 16. The van der Waals surface area contributed by atoms with E-state index in [4.69, 9.17) is 23.2 Å². The molecule has 4 aromatic heterocycles. The number of nitrogens with one attached hydrogen (secondary N) is 4. The second-order valence-electron chi connectivity index (χ2n) is 17.0. The Morgan fingerprint density at radius 1 is 0.547 bits per heavy atom. The zero-order chi connectivity index (χ0) is 55.2. The fourth-order valence-corrected chi connectivity index (χ4v) is 10.9. The zero-order valence-corrected chi connectivity index (χ0v) is 61.1. The Morgan fingerprint density at radius 2 is 0.884 bits per heavy atom. The van der Waals surface area contributed by atoms with Crippen molar-refractivity contribution in [2.75, 3.05) is 23.5 Å². The van der Waals surface area contributed by atoms with Gasteiger partial charge in [0, 0.05) is 135 Å². The van der Waals surface area contributed by atoms with Gasteiger partial charge < -0.3 is 50.6 Å². The van der Waals surface area contributed by atoms with E-state index in [1.807, 2.05) is 0 Å². The van der Waals surface area contributed by atoms with Crippen molar-refractivity contribution in [1.82, 2.24) is 39.7 Å². The van der Waals surface area contributed by atoms with Crippen molar-refractivity contribution in [2.24, 2.45) is 11.8 Å². The molecule has 0 aliphatic heterocycles. The Kier molecular flexibility index (Phi) is 38.4. The first-order valence-corrected chi connectivity index (χ1v) is 26.4. The van der Waals surface area contributed by atoms with Gasteiger partial charge in [-0.1, -0.05) is 64.0 Å². The summed E-state index contributed by atoms with van der Waals surface area (Å²) in [5, 5.41) is 24.5. The van der Waals surface area contributed by atoms with E-state index in [0.717, 1.165) is 36.4 Å². The molecule has 0 spiro atoms. The van der Waals surface area contributed by atoms with E-state index in [2.05, 4.69) is 40.0 Å². The maximum atomic E-state index is 13.4. The van der Waals surface area contributed by atoms with Gasteiger partial charge in [0.15, 0.2) is 0 Å². The normalized spacial score (nSPS) is 10.9. The quantitative estimate of drug-likeness (QED) is 0.0493. The topological polar surface area (TPSA) is 287 Å². The van der Waals surface area contributed by atoms with Crippen LogP contribution in [-0.4, -0.2) is 82.0 Å². The molecule has 4 aromatic carbocycles. The average molecular weight is 1950 g/mol. The number of halogens is 4. The summed E-state index contributed by atoms with van der Waals surface area (Å²) in [5.74, 6) is -2.72. The molecule has 0 aliphatic rings. The number of fused-ring (bicyclic) bond motifs is 2. The molecule has 0 saturated heterocycles. The van der Waals surface area contributed by atoms with Crippen molar-refractivity contribution >= 4 is 88.2 Å². The van der Waals surface area contributed by atoms with Gasteiger partial charge >= 0.3 is 0 Å². The van der Waals surface area contributed by atoms with Crippen LogP contribution in [0.4, 0.5) is 20.2 Å². The third kappa shape index (κ3) is 20.5. The second-order valence-corrected chi connectivity index (χ2v) is 21.1. The number of carbonyl (C=O) groups is 2. The first-order chi connectivity index (χ1) is 36.1. The predicted octanol–water partition coefficient (Wildman–Crippen LogP) is 8.92. The SMILES string of the molecule is C.C.CNC(=O)[C@@H](C)Cn1cnc2ccc(-c3cnc(CO)c(NS(=O)(=O)c4ccc(F)cc4Cl)c3)cc2c1=O.CNC(=O)[C@H](C)Cn1cnc2ccc(-c3cnc(CO)c(NS(=O)(=O)c4ccc(F)cc4Cl)c3)cc2c1=O.[CH3-].[CH3-].[CH3-].[CH3-].[W].[W].[W].[W]. The van der Waals surface area contributed by atoms with Crippen molar-refractivity contribution in [3.63, 3.8) is 0 Å². The number of hydrogen-bond donors (Lipinski definition) is 6. The fourth-order valence-electron chi connectivity index (χ4n) is 7.70. The summed E-state index contributed by atoms with van der Waals surface area (Å²) in [7, 11) is -5.47. The van der Waals surface area contributed by atoms with Crippen molar-refractivity contribution in [1.29, 1.82) is 0 Å². The van der Waals surface area contributed by atoms with Gasteiger partial charge in [-0.2, -0.15) is 0 Å². The fraction of sp³-hybridized carbons (Fsp3) is 0.214. The number of amides is 2. The molecule has 0 fully saturated rings. The number of sulfonamides is 2. The molecule has 2 amide bonds. The van der Waals surface area contributed by atoms with Crippen LogP contribution in [-0.2, 0) is 140 Å². The zero-order valence-electron chi connectivity index (χ0n) is 46.2. The molecule has 2 atom stereocenters. The Labute approximate surface area is 568 Å². The molecule has 0 saturated carbocycles. The summed E-state index contributed by atoms with van der Waals surface area (Å²) >= 11 is 11.9. The maximum absolute atomic E-state index is 13.4. The molecule has 20 nitrogen and oxygen atoms in total. The Hall–Kier alpha value is -4.99. The van der Waals surface area contributed by atoms with Crippen molar-refractivity contribution in [2.45, 2.75) is 64.8 Å². The Balaban J connectivity index is -0.000000700. The summed E-state index contributed by atoms with van der Waals surface area (Å²) in [5.41, 5.74) is 2.19. The first-order valence-electron chi connectivity index (χ1n) is 22.7. The van der Waals surface area contributed by atoms with E-state index < -0.39 is 56.7 Å². The average Bonchev–Trinajstić information content (AvgIpc) is 3.39. The number of benzene rings is 4. The molecule has 6 N–H and O–H groups in total. The number of aromatic nitrogens is 6. The first kappa shape index (κ1) is 87.4. The Bertz CT molecular complexity index is 3700. The van der Waals surface area contributed by atoms with Crippen LogP contribution in [0.25, 0.3) is 44.1 Å². The largest absolute Gasteiger partial charge is 0.390 e. The second kappa shape index (κ2) is 37.8. The third-order valence-electron chi connectivity index (χ3n) is 11.7. The number of anilines is 2. The van der Waals surface area contributed by atoms with Crippen LogP contribution in [0.15, 0.2) is 129 Å². The van der Waals surface area contributed by atoms with E-state index in [1.54, 1.807) is 50.2 Å². The van der Waals surface area contributed by atoms with Crippen LogP contribution < -0.4 is 31.2 Å². The predicted molar refractivity (Wildman–Crippen MR) is 320 cm³/mol.